The summed E-state index contributed by atoms with van der Waals surface area (Å²) < 4.78 is 5.65. The van der Waals surface area contributed by atoms with Crippen molar-refractivity contribution in [2.45, 2.75) is 84.1 Å². The number of nitrogens with zero attached hydrogens (tertiary/aromatic N) is 9. The van der Waals surface area contributed by atoms with Crippen LogP contribution in [0, 0.1) is 5.92 Å². The van der Waals surface area contributed by atoms with Crippen LogP contribution >= 0.6 is 0 Å². The molecule has 3 fully saturated rings. The molecule has 9 rings (SSSR count). The highest BCUT2D eigenvalue weighted by Crippen LogP contribution is 2.36. The van der Waals surface area contributed by atoms with E-state index in [1.54, 1.807) is 23.4 Å². The quantitative estimate of drug-likeness (QED) is 0.230. The van der Waals surface area contributed by atoms with Crippen LogP contribution in [0.1, 0.15) is 89.3 Å². The van der Waals surface area contributed by atoms with Crippen LogP contribution in [-0.2, 0) is 42.1 Å². The van der Waals surface area contributed by atoms with Crippen molar-refractivity contribution in [3.63, 3.8) is 0 Å². The van der Waals surface area contributed by atoms with Crippen molar-refractivity contribution >= 4 is 23.6 Å². The van der Waals surface area contributed by atoms with Crippen molar-refractivity contribution in [3.05, 3.63) is 81.8 Å². The molecule has 0 atom stereocenters. The number of likely N-dealkylation sites (tertiary alicyclic amines) is 2. The molecule has 2 aromatic carbocycles. The van der Waals surface area contributed by atoms with Gasteiger partial charge in [0, 0.05) is 94.9 Å². The van der Waals surface area contributed by atoms with Gasteiger partial charge in [-0.05, 0) is 79.4 Å². The highest BCUT2D eigenvalue weighted by Gasteiger charge is 2.35. The van der Waals surface area contributed by atoms with E-state index in [2.05, 4.69) is 47.8 Å². The van der Waals surface area contributed by atoms with Crippen LogP contribution in [0.15, 0.2) is 42.7 Å². The molecule has 7 heterocycles. The summed E-state index contributed by atoms with van der Waals surface area (Å²) >= 11 is 0. The Morgan fingerprint density at radius 2 is 1.57 bits per heavy atom. The van der Waals surface area contributed by atoms with E-state index in [0.29, 0.717) is 49.6 Å². The third kappa shape index (κ3) is 8.22. The van der Waals surface area contributed by atoms with Crippen molar-refractivity contribution < 1.29 is 24.5 Å². The molecule has 3 saturated heterocycles. The average molecular weight is 817 g/mol. The monoisotopic (exact) mass is 816 g/mol. The number of nitrogen functional groups attached to an aromatic ring is 1. The second-order valence-electron chi connectivity index (χ2n) is 17.4. The summed E-state index contributed by atoms with van der Waals surface area (Å²) in [5.41, 5.74) is 13.1. The first kappa shape index (κ1) is 40.0. The molecule has 2 amide bonds. The molecular formula is C45H56N10O5. The molecule has 0 unspecified atom stereocenters. The number of ether oxygens (including phenoxy) is 1. The summed E-state index contributed by atoms with van der Waals surface area (Å²) in [4.78, 5) is 57.0. The number of fused-ring (bicyclic) bond motifs is 2. The number of benzene rings is 2. The number of hydrogen-bond donors (Lipinski definition) is 3. The zero-order valence-corrected chi connectivity index (χ0v) is 34.7. The molecule has 0 saturated carbocycles. The third-order valence-corrected chi connectivity index (χ3v) is 13.2. The van der Waals surface area contributed by atoms with Crippen molar-refractivity contribution in [1.82, 2.24) is 39.5 Å². The van der Waals surface area contributed by atoms with E-state index < -0.39 is 0 Å². The fraction of sp³-hybridized carbons (Fsp3) is 0.511. The number of aromatic hydroxyl groups is 2. The van der Waals surface area contributed by atoms with Gasteiger partial charge >= 0.3 is 0 Å². The first-order valence-corrected chi connectivity index (χ1v) is 21.6. The molecule has 15 nitrogen and oxygen atoms in total. The fourth-order valence-corrected chi connectivity index (χ4v) is 9.76. The standard InChI is InChI=1S/C45H56N10O5/c1-28(2)36-20-37(40(57)21-39(36)56)44(59)55-25-31-4-3-29(19-32(31)26-55)24-51-10-5-30(6-11-51)43(58)53-12-7-34(8-13-53)54-14-9-35-38(27-54)49-41(33-22-47-45(46)48-23-33)50-42(35)52-15-17-60-18-16-52/h3-4,19-23,28,30,34,56-57H,5-18,24-27H2,1-2H3,(H2,46,47,48). The Morgan fingerprint density at radius 3 is 2.30 bits per heavy atom. The lowest BCUT2D eigenvalue weighted by Crippen LogP contribution is -2.50. The van der Waals surface area contributed by atoms with E-state index in [4.69, 9.17) is 20.4 Å². The van der Waals surface area contributed by atoms with Crippen LogP contribution in [0.4, 0.5) is 11.8 Å². The van der Waals surface area contributed by atoms with E-state index in [9.17, 15) is 19.8 Å². The van der Waals surface area contributed by atoms with Crippen LogP contribution in [0.5, 0.6) is 11.5 Å². The topological polar surface area (TPSA) is 178 Å². The maximum absolute atomic E-state index is 13.8. The molecule has 5 aliphatic rings. The number of piperidine rings is 2. The van der Waals surface area contributed by atoms with Crippen molar-refractivity contribution in [3.8, 4) is 22.9 Å². The Bertz CT molecular complexity index is 2230. The summed E-state index contributed by atoms with van der Waals surface area (Å²) in [5.74, 6) is 1.76. The molecule has 0 aliphatic carbocycles. The van der Waals surface area contributed by atoms with Crippen molar-refractivity contribution in [2.75, 3.05) is 69.7 Å². The van der Waals surface area contributed by atoms with Gasteiger partial charge in [0.2, 0.25) is 11.9 Å². The van der Waals surface area contributed by atoms with Crippen molar-refractivity contribution in [1.29, 1.82) is 0 Å². The number of phenols is 2. The number of aromatic nitrogens is 4. The van der Waals surface area contributed by atoms with Gasteiger partial charge in [-0.25, -0.2) is 19.9 Å². The van der Waals surface area contributed by atoms with Gasteiger partial charge in [0.05, 0.1) is 30.0 Å². The Kier molecular flexibility index (Phi) is 11.3. The van der Waals surface area contributed by atoms with Gasteiger partial charge in [0.15, 0.2) is 5.82 Å². The maximum Gasteiger partial charge on any atom is 0.258 e. The molecule has 5 aliphatic heterocycles. The van der Waals surface area contributed by atoms with Crippen LogP contribution in [0.3, 0.4) is 0 Å². The van der Waals surface area contributed by atoms with Gasteiger partial charge in [-0.2, -0.15) is 0 Å². The lowest BCUT2D eigenvalue weighted by Gasteiger charge is -2.42. The summed E-state index contributed by atoms with van der Waals surface area (Å²) in [6.45, 7) is 13.6. The smallest absolute Gasteiger partial charge is 0.258 e. The number of nitrogens with two attached hydrogens (primary N) is 1. The van der Waals surface area contributed by atoms with E-state index in [0.717, 1.165) is 119 Å². The largest absolute Gasteiger partial charge is 0.508 e. The highest BCUT2D eigenvalue weighted by atomic mass is 16.5. The van der Waals surface area contributed by atoms with Crippen molar-refractivity contribution in [2.24, 2.45) is 5.92 Å². The Balaban J connectivity index is 0.766. The second kappa shape index (κ2) is 16.9. The fourth-order valence-electron chi connectivity index (χ4n) is 9.76. The number of carbonyl (C=O) groups excluding carboxylic acids is 2. The lowest BCUT2D eigenvalue weighted by molar-refractivity contribution is -0.138. The SMILES string of the molecule is CC(C)c1cc(C(=O)N2Cc3ccc(CN4CCC(C(=O)N5CCC(N6CCc7c(nc(-c8cnc(N)nc8)nc7N7CCOCC7)C6)CC5)CC4)cc3C2)c(O)cc1O. The van der Waals surface area contributed by atoms with Gasteiger partial charge < -0.3 is 35.4 Å². The molecule has 316 valence electrons. The molecule has 60 heavy (non-hydrogen) atoms. The van der Waals surface area contributed by atoms with Gasteiger partial charge in [0.25, 0.3) is 5.91 Å². The third-order valence-electron chi connectivity index (χ3n) is 13.2. The van der Waals surface area contributed by atoms with E-state index in [1.165, 1.54) is 17.2 Å². The maximum atomic E-state index is 13.8. The minimum atomic E-state index is -0.241. The molecule has 0 bridgehead atoms. The lowest BCUT2D eigenvalue weighted by atomic mass is 9.92. The summed E-state index contributed by atoms with van der Waals surface area (Å²) in [6, 6.07) is 9.74. The summed E-state index contributed by atoms with van der Waals surface area (Å²) in [5, 5.41) is 20.8. The van der Waals surface area contributed by atoms with Crippen LogP contribution in [0.25, 0.3) is 11.4 Å². The van der Waals surface area contributed by atoms with Crippen LogP contribution in [0.2, 0.25) is 0 Å². The predicted octanol–water partition coefficient (Wildman–Crippen LogP) is 4.30. The second-order valence-corrected chi connectivity index (χ2v) is 17.4. The molecule has 4 N–H and O–H groups in total. The number of hydrogen-bond acceptors (Lipinski definition) is 13. The summed E-state index contributed by atoms with van der Waals surface area (Å²) in [6.07, 6.45) is 7.89. The zero-order chi connectivity index (χ0) is 41.5. The number of anilines is 2. The first-order valence-electron chi connectivity index (χ1n) is 21.6. The number of morpholine rings is 1. The van der Waals surface area contributed by atoms with Gasteiger partial charge in [-0.1, -0.05) is 32.0 Å². The van der Waals surface area contributed by atoms with Gasteiger partial charge in [0.1, 0.15) is 17.3 Å². The normalized spacial score (nSPS) is 19.5. The zero-order valence-electron chi connectivity index (χ0n) is 34.7. The minimum Gasteiger partial charge on any atom is -0.508 e. The average Bonchev–Trinajstić information content (AvgIpc) is 3.70. The minimum absolute atomic E-state index is 0.0000120. The van der Waals surface area contributed by atoms with E-state index >= 15 is 0 Å². The number of rotatable bonds is 8. The molecular weight excluding hydrogens is 761 g/mol. The van der Waals surface area contributed by atoms with Gasteiger partial charge in [-0.15, -0.1) is 0 Å². The van der Waals surface area contributed by atoms with Gasteiger partial charge in [-0.3, -0.25) is 19.4 Å². The molecule has 4 aromatic rings. The predicted molar refractivity (Wildman–Crippen MR) is 226 cm³/mol. The first-order chi connectivity index (χ1) is 29.1. The summed E-state index contributed by atoms with van der Waals surface area (Å²) in [7, 11) is 0. The van der Waals surface area contributed by atoms with E-state index in [1.807, 2.05) is 13.8 Å². The Morgan fingerprint density at radius 1 is 0.833 bits per heavy atom. The highest BCUT2D eigenvalue weighted by molar-refractivity contribution is 5.97. The number of amides is 2. The number of carbonyl (C=O) groups is 2. The molecule has 2 aromatic heterocycles. The Hall–Kier alpha value is -5.38. The van der Waals surface area contributed by atoms with E-state index in [-0.39, 0.29) is 40.8 Å². The van der Waals surface area contributed by atoms with Crippen LogP contribution in [-0.4, -0.2) is 127 Å². The van der Waals surface area contributed by atoms with Crippen LogP contribution < -0.4 is 10.6 Å². The molecule has 0 spiro atoms. The molecule has 15 heteroatoms. The molecule has 0 radical (unpaired) electrons. The Labute approximate surface area is 351 Å². The number of phenolic OH excluding ortho intramolecular Hbond substituents is 2.